The average Bonchev–Trinajstić information content (AvgIpc) is 2.04. The highest BCUT2D eigenvalue weighted by Crippen LogP contribution is 2.01. The maximum atomic E-state index is 11.3. The van der Waals surface area contributed by atoms with Gasteiger partial charge in [0.05, 0.1) is 19.1 Å². The lowest BCUT2D eigenvalue weighted by Gasteiger charge is -2.23. The smallest absolute Gasteiger partial charge is 0.222 e. The molecule has 0 radical (unpaired) electrons. The Morgan fingerprint density at radius 2 is 2.46 bits per heavy atom. The second kappa shape index (κ2) is 5.19. The van der Waals surface area contributed by atoms with Gasteiger partial charge in [-0.2, -0.15) is 0 Å². The summed E-state index contributed by atoms with van der Waals surface area (Å²) >= 11 is 0. The number of amides is 1. The van der Waals surface area contributed by atoms with E-state index in [1.165, 1.54) is 0 Å². The molecule has 0 aromatic carbocycles. The molecule has 1 rings (SSSR count). The van der Waals surface area contributed by atoms with Crippen molar-refractivity contribution >= 4 is 5.91 Å². The number of ether oxygens (including phenoxy) is 1. The minimum atomic E-state index is 0.0486. The zero-order valence-electron chi connectivity index (χ0n) is 8.30. The monoisotopic (exact) mass is 186 g/mol. The van der Waals surface area contributed by atoms with Gasteiger partial charge >= 0.3 is 0 Å². The van der Waals surface area contributed by atoms with E-state index in [2.05, 4.69) is 10.6 Å². The summed E-state index contributed by atoms with van der Waals surface area (Å²) in [6.45, 7) is 6.29. The number of nitrogens with one attached hydrogen (secondary N) is 2. The van der Waals surface area contributed by atoms with E-state index in [-0.39, 0.29) is 18.1 Å². The van der Waals surface area contributed by atoms with Crippen LogP contribution in [0.4, 0.5) is 0 Å². The third-order valence-electron chi connectivity index (χ3n) is 1.87. The first-order valence-electron chi connectivity index (χ1n) is 4.80. The Hall–Kier alpha value is -0.610. The molecule has 1 amide bonds. The summed E-state index contributed by atoms with van der Waals surface area (Å²) in [7, 11) is 0. The Kier molecular flexibility index (Phi) is 4.18. The van der Waals surface area contributed by atoms with Gasteiger partial charge in [-0.25, -0.2) is 0 Å². The van der Waals surface area contributed by atoms with Crippen LogP contribution in [-0.2, 0) is 9.53 Å². The van der Waals surface area contributed by atoms with Crippen molar-refractivity contribution in [3.63, 3.8) is 0 Å². The minimum Gasteiger partial charge on any atom is -0.375 e. The van der Waals surface area contributed by atoms with Gasteiger partial charge in [-0.3, -0.25) is 4.79 Å². The Balaban J connectivity index is 2.18. The topological polar surface area (TPSA) is 50.4 Å². The highest BCUT2D eigenvalue weighted by molar-refractivity contribution is 5.76. The van der Waals surface area contributed by atoms with Gasteiger partial charge in [0.1, 0.15) is 0 Å². The lowest BCUT2D eigenvalue weighted by molar-refractivity contribution is -0.124. The molecule has 1 atom stereocenters. The molecule has 0 aromatic rings. The molecule has 1 unspecified atom stereocenters. The Morgan fingerprint density at radius 1 is 1.69 bits per heavy atom. The van der Waals surface area contributed by atoms with Gasteiger partial charge < -0.3 is 15.4 Å². The van der Waals surface area contributed by atoms with Crippen LogP contribution in [0.15, 0.2) is 0 Å². The predicted octanol–water partition coefficient (Wildman–Crippen LogP) is -0.111. The largest absolute Gasteiger partial charge is 0.375 e. The van der Waals surface area contributed by atoms with E-state index in [1.807, 2.05) is 13.8 Å². The second-order valence-electron chi connectivity index (χ2n) is 3.62. The SMILES string of the molecule is CC(C)NC(=O)CC1CNCCO1. The fourth-order valence-electron chi connectivity index (χ4n) is 1.34. The molecule has 0 aromatic heterocycles. The van der Waals surface area contributed by atoms with Crippen molar-refractivity contribution in [3.8, 4) is 0 Å². The number of carbonyl (C=O) groups is 1. The Labute approximate surface area is 79.0 Å². The zero-order valence-corrected chi connectivity index (χ0v) is 8.30. The molecule has 1 fully saturated rings. The molecule has 76 valence electrons. The van der Waals surface area contributed by atoms with Crippen molar-refractivity contribution in [1.29, 1.82) is 0 Å². The molecule has 1 saturated heterocycles. The molecule has 1 aliphatic rings. The van der Waals surface area contributed by atoms with Gasteiger partial charge in [-0.15, -0.1) is 0 Å². The first-order valence-corrected chi connectivity index (χ1v) is 4.80. The highest BCUT2D eigenvalue weighted by Gasteiger charge is 2.17. The van der Waals surface area contributed by atoms with Crippen LogP contribution in [-0.4, -0.2) is 37.7 Å². The van der Waals surface area contributed by atoms with E-state index >= 15 is 0 Å². The maximum Gasteiger partial charge on any atom is 0.222 e. The van der Waals surface area contributed by atoms with Crippen LogP contribution in [0.3, 0.4) is 0 Å². The number of carbonyl (C=O) groups excluding carboxylic acids is 1. The van der Waals surface area contributed by atoms with Crippen LogP contribution in [0, 0.1) is 0 Å². The van der Waals surface area contributed by atoms with Crippen LogP contribution in [0.5, 0.6) is 0 Å². The summed E-state index contributed by atoms with van der Waals surface area (Å²) in [5, 5.41) is 6.03. The van der Waals surface area contributed by atoms with E-state index in [0.717, 1.165) is 13.1 Å². The molecular weight excluding hydrogens is 168 g/mol. The van der Waals surface area contributed by atoms with Crippen LogP contribution < -0.4 is 10.6 Å². The molecule has 1 heterocycles. The third-order valence-corrected chi connectivity index (χ3v) is 1.87. The van der Waals surface area contributed by atoms with Crippen molar-refractivity contribution in [2.45, 2.75) is 32.4 Å². The zero-order chi connectivity index (χ0) is 9.68. The van der Waals surface area contributed by atoms with Crippen molar-refractivity contribution in [3.05, 3.63) is 0 Å². The van der Waals surface area contributed by atoms with Gasteiger partial charge in [0.2, 0.25) is 5.91 Å². The van der Waals surface area contributed by atoms with Gasteiger partial charge in [-0.1, -0.05) is 0 Å². The summed E-state index contributed by atoms with van der Waals surface area (Å²) in [5.74, 6) is 0.0729. The molecule has 1 aliphatic heterocycles. The number of rotatable bonds is 3. The molecule has 0 spiro atoms. The summed E-state index contributed by atoms with van der Waals surface area (Å²) < 4.78 is 5.41. The lowest BCUT2D eigenvalue weighted by atomic mass is 10.2. The fourth-order valence-corrected chi connectivity index (χ4v) is 1.34. The first-order chi connectivity index (χ1) is 6.18. The summed E-state index contributed by atoms with van der Waals surface area (Å²) in [6, 6.07) is 0.212. The summed E-state index contributed by atoms with van der Waals surface area (Å²) in [5.41, 5.74) is 0. The minimum absolute atomic E-state index is 0.0486. The lowest BCUT2D eigenvalue weighted by Crippen LogP contribution is -2.42. The normalized spacial score (nSPS) is 23.2. The van der Waals surface area contributed by atoms with Crippen LogP contribution in [0.25, 0.3) is 0 Å². The fraction of sp³-hybridized carbons (Fsp3) is 0.889. The Morgan fingerprint density at radius 3 is 3.00 bits per heavy atom. The first kappa shape index (κ1) is 10.5. The molecule has 2 N–H and O–H groups in total. The van der Waals surface area contributed by atoms with E-state index in [1.54, 1.807) is 0 Å². The average molecular weight is 186 g/mol. The molecule has 0 bridgehead atoms. The van der Waals surface area contributed by atoms with E-state index in [0.29, 0.717) is 13.0 Å². The van der Waals surface area contributed by atoms with E-state index in [4.69, 9.17) is 4.74 Å². The van der Waals surface area contributed by atoms with Gasteiger partial charge in [0.25, 0.3) is 0 Å². The molecule has 4 nitrogen and oxygen atoms in total. The molecule has 4 heteroatoms. The van der Waals surface area contributed by atoms with Gasteiger partial charge in [-0.05, 0) is 13.8 Å². The van der Waals surface area contributed by atoms with E-state index < -0.39 is 0 Å². The standard InChI is InChI=1S/C9H18N2O2/c1-7(2)11-9(12)5-8-6-10-3-4-13-8/h7-8,10H,3-6H2,1-2H3,(H,11,12). The van der Waals surface area contributed by atoms with Gasteiger partial charge in [0.15, 0.2) is 0 Å². The number of morpholine rings is 1. The Bertz CT molecular complexity index is 165. The van der Waals surface area contributed by atoms with Crippen molar-refractivity contribution in [2.75, 3.05) is 19.7 Å². The second-order valence-corrected chi connectivity index (χ2v) is 3.62. The number of hydrogen-bond donors (Lipinski definition) is 2. The number of hydrogen-bond acceptors (Lipinski definition) is 3. The van der Waals surface area contributed by atoms with Crippen LogP contribution in [0.1, 0.15) is 20.3 Å². The third kappa shape index (κ3) is 4.24. The predicted molar refractivity (Wildman–Crippen MR) is 50.5 cm³/mol. The molecule has 0 aliphatic carbocycles. The molecule has 13 heavy (non-hydrogen) atoms. The molecule has 0 saturated carbocycles. The van der Waals surface area contributed by atoms with Crippen molar-refractivity contribution in [1.82, 2.24) is 10.6 Å². The van der Waals surface area contributed by atoms with Crippen LogP contribution >= 0.6 is 0 Å². The quantitative estimate of drug-likeness (QED) is 0.646. The van der Waals surface area contributed by atoms with Crippen molar-refractivity contribution < 1.29 is 9.53 Å². The summed E-state index contributed by atoms with van der Waals surface area (Å²) in [4.78, 5) is 11.3. The van der Waals surface area contributed by atoms with Crippen LogP contribution in [0.2, 0.25) is 0 Å². The van der Waals surface area contributed by atoms with E-state index in [9.17, 15) is 4.79 Å². The van der Waals surface area contributed by atoms with Gasteiger partial charge in [0, 0.05) is 19.1 Å². The summed E-state index contributed by atoms with van der Waals surface area (Å²) in [6.07, 6.45) is 0.512. The highest BCUT2D eigenvalue weighted by atomic mass is 16.5. The van der Waals surface area contributed by atoms with Crippen molar-refractivity contribution in [2.24, 2.45) is 0 Å². The maximum absolute atomic E-state index is 11.3. The molecular formula is C9H18N2O2.